The Balaban J connectivity index is 2.02. The lowest BCUT2D eigenvalue weighted by Crippen LogP contribution is -1.92. The predicted molar refractivity (Wildman–Crippen MR) is 100 cm³/mol. The number of hydrogen-bond donors (Lipinski definition) is 2. The molecule has 2 aromatic carbocycles. The number of pyridine rings is 1. The van der Waals surface area contributed by atoms with Crippen molar-refractivity contribution in [2.45, 2.75) is 6.61 Å². The SMILES string of the molecule is OCc1cc(-c2c[nH]c3ccc(Br)cc23)nc2cc(Br)ccc12. The molecule has 3 nitrogen and oxygen atoms in total. The molecule has 0 aliphatic rings. The van der Waals surface area contributed by atoms with Crippen LogP contribution in [0.5, 0.6) is 0 Å². The number of fused-ring (bicyclic) bond motifs is 2. The summed E-state index contributed by atoms with van der Waals surface area (Å²) in [4.78, 5) is 8.07. The number of nitrogens with one attached hydrogen (secondary N) is 1. The largest absolute Gasteiger partial charge is 0.392 e. The summed E-state index contributed by atoms with van der Waals surface area (Å²) in [6, 6.07) is 14.0. The second-order valence-corrected chi connectivity index (χ2v) is 7.21. The highest BCUT2D eigenvalue weighted by Gasteiger charge is 2.12. The first-order valence-electron chi connectivity index (χ1n) is 7.13. The standard InChI is InChI=1S/C18H12Br2N2O/c19-11-2-4-16-14(6-11)15(8-21-16)17-5-10(9-23)13-3-1-12(20)7-18(13)22-17/h1-8,21,23H,9H2. The second-order valence-electron chi connectivity index (χ2n) is 5.38. The lowest BCUT2D eigenvalue weighted by Gasteiger charge is -2.08. The Kier molecular flexibility index (Phi) is 3.71. The summed E-state index contributed by atoms with van der Waals surface area (Å²) in [5.74, 6) is 0. The van der Waals surface area contributed by atoms with Gasteiger partial charge in [0.2, 0.25) is 0 Å². The Morgan fingerprint density at radius 2 is 1.74 bits per heavy atom. The molecule has 4 aromatic rings. The minimum absolute atomic E-state index is 0.0142. The minimum Gasteiger partial charge on any atom is -0.392 e. The molecule has 0 unspecified atom stereocenters. The van der Waals surface area contributed by atoms with Gasteiger partial charge in [-0.1, -0.05) is 37.9 Å². The van der Waals surface area contributed by atoms with Gasteiger partial charge in [0.15, 0.2) is 0 Å². The first kappa shape index (κ1) is 14.9. The Morgan fingerprint density at radius 1 is 0.957 bits per heavy atom. The first-order valence-corrected chi connectivity index (χ1v) is 8.71. The maximum absolute atomic E-state index is 9.73. The molecule has 4 rings (SSSR count). The molecule has 0 aliphatic heterocycles. The Morgan fingerprint density at radius 3 is 2.57 bits per heavy atom. The fraction of sp³-hybridized carbons (Fsp3) is 0.0556. The lowest BCUT2D eigenvalue weighted by atomic mass is 10.0. The molecule has 0 atom stereocenters. The molecular weight excluding hydrogens is 420 g/mol. The molecule has 0 amide bonds. The molecule has 0 radical (unpaired) electrons. The van der Waals surface area contributed by atoms with E-state index in [4.69, 9.17) is 4.98 Å². The van der Waals surface area contributed by atoms with Crippen LogP contribution in [0.25, 0.3) is 33.1 Å². The van der Waals surface area contributed by atoms with Crippen LogP contribution in [0.3, 0.4) is 0 Å². The molecule has 0 saturated carbocycles. The van der Waals surface area contributed by atoms with Crippen LogP contribution in [0.15, 0.2) is 57.6 Å². The normalized spacial score (nSPS) is 11.4. The van der Waals surface area contributed by atoms with Gasteiger partial charge in [-0.05, 0) is 42.0 Å². The van der Waals surface area contributed by atoms with E-state index in [1.807, 2.05) is 42.6 Å². The second kappa shape index (κ2) is 5.74. The molecule has 0 bridgehead atoms. The van der Waals surface area contributed by atoms with Crippen LogP contribution >= 0.6 is 31.9 Å². The highest BCUT2D eigenvalue weighted by molar-refractivity contribution is 9.10. The van der Waals surface area contributed by atoms with Crippen LogP contribution in [0, 0.1) is 0 Å². The third-order valence-electron chi connectivity index (χ3n) is 3.95. The van der Waals surface area contributed by atoms with Gasteiger partial charge < -0.3 is 10.1 Å². The van der Waals surface area contributed by atoms with E-state index in [2.05, 4.69) is 42.9 Å². The zero-order valence-electron chi connectivity index (χ0n) is 12.0. The number of benzene rings is 2. The summed E-state index contributed by atoms with van der Waals surface area (Å²) >= 11 is 7.01. The smallest absolute Gasteiger partial charge is 0.0734 e. The third kappa shape index (κ3) is 2.59. The summed E-state index contributed by atoms with van der Waals surface area (Å²) in [6.07, 6.45) is 1.96. The van der Waals surface area contributed by atoms with E-state index in [-0.39, 0.29) is 6.61 Å². The molecule has 5 heteroatoms. The molecule has 23 heavy (non-hydrogen) atoms. The van der Waals surface area contributed by atoms with Crippen molar-refractivity contribution >= 4 is 53.7 Å². The van der Waals surface area contributed by atoms with Gasteiger partial charge in [0.05, 0.1) is 17.8 Å². The number of aromatic amines is 1. The van der Waals surface area contributed by atoms with Gasteiger partial charge in [-0.25, -0.2) is 4.98 Å². The quantitative estimate of drug-likeness (QED) is 0.446. The van der Waals surface area contributed by atoms with Crippen molar-refractivity contribution in [1.29, 1.82) is 0 Å². The summed E-state index contributed by atoms with van der Waals surface area (Å²) in [6.45, 7) is -0.0142. The fourth-order valence-corrected chi connectivity index (χ4v) is 3.56. The minimum atomic E-state index is -0.0142. The van der Waals surface area contributed by atoms with E-state index >= 15 is 0 Å². The van der Waals surface area contributed by atoms with E-state index in [0.717, 1.165) is 47.6 Å². The molecule has 0 fully saturated rings. The fourth-order valence-electron chi connectivity index (χ4n) is 2.85. The van der Waals surface area contributed by atoms with Crippen molar-refractivity contribution in [3.8, 4) is 11.3 Å². The van der Waals surface area contributed by atoms with Crippen LogP contribution in [0.4, 0.5) is 0 Å². The van der Waals surface area contributed by atoms with Gasteiger partial charge in [-0.15, -0.1) is 0 Å². The first-order chi connectivity index (χ1) is 11.2. The molecule has 0 aliphatic carbocycles. The monoisotopic (exact) mass is 430 g/mol. The van der Waals surface area contributed by atoms with Crippen molar-refractivity contribution in [2.24, 2.45) is 0 Å². The number of aromatic nitrogens is 2. The van der Waals surface area contributed by atoms with Gasteiger partial charge in [0.25, 0.3) is 0 Å². The van der Waals surface area contributed by atoms with Crippen molar-refractivity contribution in [1.82, 2.24) is 9.97 Å². The number of H-pyrrole nitrogens is 1. The van der Waals surface area contributed by atoms with E-state index in [1.54, 1.807) is 0 Å². The van der Waals surface area contributed by atoms with Crippen LogP contribution < -0.4 is 0 Å². The maximum atomic E-state index is 9.73. The average Bonchev–Trinajstić information content (AvgIpc) is 2.96. The number of hydrogen-bond acceptors (Lipinski definition) is 2. The van der Waals surface area contributed by atoms with Crippen LogP contribution in [0.2, 0.25) is 0 Å². The summed E-state index contributed by atoms with van der Waals surface area (Å²) in [5.41, 5.74) is 4.68. The molecule has 2 aromatic heterocycles. The zero-order valence-corrected chi connectivity index (χ0v) is 15.1. The topological polar surface area (TPSA) is 48.9 Å². The van der Waals surface area contributed by atoms with E-state index < -0.39 is 0 Å². The zero-order chi connectivity index (χ0) is 16.0. The molecule has 0 saturated heterocycles. The highest BCUT2D eigenvalue weighted by atomic mass is 79.9. The van der Waals surface area contributed by atoms with E-state index in [9.17, 15) is 5.11 Å². The van der Waals surface area contributed by atoms with Crippen LogP contribution in [-0.2, 0) is 6.61 Å². The summed E-state index contributed by atoms with van der Waals surface area (Å²) in [7, 11) is 0. The predicted octanol–water partition coefficient (Wildman–Crippen LogP) is 5.40. The van der Waals surface area contributed by atoms with Gasteiger partial charge in [0, 0.05) is 37.0 Å². The summed E-state index contributed by atoms with van der Waals surface area (Å²) < 4.78 is 2.00. The highest BCUT2D eigenvalue weighted by Crippen LogP contribution is 2.32. The third-order valence-corrected chi connectivity index (χ3v) is 4.93. The van der Waals surface area contributed by atoms with Crippen LogP contribution in [-0.4, -0.2) is 15.1 Å². The Bertz CT molecular complexity index is 1040. The van der Waals surface area contributed by atoms with Crippen molar-refractivity contribution in [3.05, 3.63) is 63.2 Å². The number of nitrogens with zero attached hydrogens (tertiary/aromatic N) is 1. The number of aliphatic hydroxyl groups excluding tert-OH is 1. The average molecular weight is 432 g/mol. The lowest BCUT2D eigenvalue weighted by molar-refractivity contribution is 0.283. The van der Waals surface area contributed by atoms with Gasteiger partial charge in [0.1, 0.15) is 0 Å². The van der Waals surface area contributed by atoms with Gasteiger partial charge in [-0.2, -0.15) is 0 Å². The number of rotatable bonds is 2. The Hall–Kier alpha value is -1.69. The van der Waals surface area contributed by atoms with Crippen molar-refractivity contribution < 1.29 is 5.11 Å². The van der Waals surface area contributed by atoms with E-state index in [0.29, 0.717) is 0 Å². The molecule has 114 valence electrons. The van der Waals surface area contributed by atoms with E-state index in [1.165, 1.54) is 0 Å². The van der Waals surface area contributed by atoms with Crippen molar-refractivity contribution in [3.63, 3.8) is 0 Å². The number of aliphatic hydroxyl groups is 1. The number of halogens is 2. The van der Waals surface area contributed by atoms with Gasteiger partial charge in [-0.3, -0.25) is 0 Å². The van der Waals surface area contributed by atoms with Crippen molar-refractivity contribution in [2.75, 3.05) is 0 Å². The molecule has 2 heterocycles. The van der Waals surface area contributed by atoms with Crippen LogP contribution in [0.1, 0.15) is 5.56 Å². The van der Waals surface area contributed by atoms with Gasteiger partial charge >= 0.3 is 0 Å². The molecular formula is C18H12Br2N2O. The molecule has 0 spiro atoms. The Labute approximate surface area is 149 Å². The maximum Gasteiger partial charge on any atom is 0.0734 e. The molecule has 2 N–H and O–H groups in total. The summed E-state index contributed by atoms with van der Waals surface area (Å²) in [5, 5.41) is 11.8.